The second kappa shape index (κ2) is 8.14. The zero-order valence-electron chi connectivity index (χ0n) is 17.2. The minimum absolute atomic E-state index is 0.217. The van der Waals surface area contributed by atoms with Gasteiger partial charge in [-0.15, -0.1) is 0 Å². The Labute approximate surface area is 180 Å². The summed E-state index contributed by atoms with van der Waals surface area (Å²) in [6, 6.07) is 20.4. The number of nitrogens with one attached hydrogen (secondary N) is 1. The largest absolute Gasteiger partial charge is 0.363 e. The third-order valence-corrected chi connectivity index (χ3v) is 5.56. The van der Waals surface area contributed by atoms with E-state index in [1.807, 2.05) is 48.4 Å². The third-order valence-electron chi connectivity index (χ3n) is 5.56. The van der Waals surface area contributed by atoms with E-state index in [9.17, 15) is 0 Å². The fourth-order valence-corrected chi connectivity index (χ4v) is 3.91. The summed E-state index contributed by atoms with van der Waals surface area (Å²) >= 11 is 0. The summed E-state index contributed by atoms with van der Waals surface area (Å²) in [5.41, 5.74) is 6.70. The van der Waals surface area contributed by atoms with Gasteiger partial charge in [-0.3, -0.25) is 4.98 Å². The molecule has 0 amide bonds. The quantitative estimate of drug-likeness (QED) is 0.494. The van der Waals surface area contributed by atoms with E-state index in [1.165, 1.54) is 17.5 Å². The van der Waals surface area contributed by atoms with Crippen molar-refractivity contribution in [2.75, 3.05) is 10.2 Å². The maximum atomic E-state index is 15.1. The Kier molecular flexibility index (Phi) is 5.04. The number of hydrogen-bond acceptors (Lipinski definition) is 5. The van der Waals surface area contributed by atoms with Crippen molar-refractivity contribution in [1.82, 2.24) is 15.0 Å². The molecular formula is C25H22FN5. The number of aromatic nitrogens is 3. The molecule has 0 saturated carbocycles. The molecule has 0 bridgehead atoms. The van der Waals surface area contributed by atoms with Crippen LogP contribution in [0.4, 0.5) is 16.0 Å². The monoisotopic (exact) mass is 411 g/mol. The molecular weight excluding hydrogens is 389 g/mol. The summed E-state index contributed by atoms with van der Waals surface area (Å²) in [7, 11) is 0. The minimum Gasteiger partial charge on any atom is -0.363 e. The van der Waals surface area contributed by atoms with Crippen molar-refractivity contribution in [3.63, 3.8) is 0 Å². The number of rotatable bonds is 5. The van der Waals surface area contributed by atoms with E-state index in [2.05, 4.69) is 50.6 Å². The zero-order valence-corrected chi connectivity index (χ0v) is 17.2. The van der Waals surface area contributed by atoms with Gasteiger partial charge >= 0.3 is 0 Å². The number of aryl methyl sites for hydroxylation is 1. The number of pyridine rings is 1. The lowest BCUT2D eigenvalue weighted by atomic mass is 10.0. The summed E-state index contributed by atoms with van der Waals surface area (Å²) in [6.07, 6.45) is 3.23. The van der Waals surface area contributed by atoms with Crippen LogP contribution in [0.25, 0.3) is 11.1 Å². The highest BCUT2D eigenvalue weighted by atomic mass is 19.1. The van der Waals surface area contributed by atoms with Gasteiger partial charge in [-0.1, -0.05) is 48.5 Å². The molecule has 1 aliphatic rings. The highest BCUT2D eigenvalue weighted by Gasteiger charge is 2.24. The molecule has 0 radical (unpaired) electrons. The molecule has 0 saturated heterocycles. The van der Waals surface area contributed by atoms with Crippen molar-refractivity contribution in [2.24, 2.45) is 0 Å². The smallest absolute Gasteiger partial charge is 0.207 e. The van der Waals surface area contributed by atoms with Crippen LogP contribution in [0.2, 0.25) is 0 Å². The Hall–Kier alpha value is -3.80. The van der Waals surface area contributed by atoms with Gasteiger partial charge in [0.1, 0.15) is 6.33 Å². The Morgan fingerprint density at radius 2 is 1.65 bits per heavy atom. The van der Waals surface area contributed by atoms with E-state index in [4.69, 9.17) is 0 Å². The van der Waals surface area contributed by atoms with Crippen molar-refractivity contribution in [1.29, 1.82) is 0 Å². The SMILES string of the molecule is Cc1cc(-c2ccc(CNc3ncnc(N4Cc5ccccc5C4)c3F)cc2)ccn1. The lowest BCUT2D eigenvalue weighted by molar-refractivity contribution is 0.606. The summed E-state index contributed by atoms with van der Waals surface area (Å²) < 4.78 is 15.1. The van der Waals surface area contributed by atoms with Crippen molar-refractivity contribution < 1.29 is 4.39 Å². The molecule has 31 heavy (non-hydrogen) atoms. The minimum atomic E-state index is -0.417. The average Bonchev–Trinajstić information content (AvgIpc) is 3.23. The normalized spacial score (nSPS) is 12.6. The van der Waals surface area contributed by atoms with E-state index in [0.29, 0.717) is 25.5 Å². The molecule has 1 N–H and O–H groups in total. The first-order valence-corrected chi connectivity index (χ1v) is 10.3. The van der Waals surface area contributed by atoms with Gasteiger partial charge in [0.25, 0.3) is 0 Å². The van der Waals surface area contributed by atoms with Crippen LogP contribution in [0.3, 0.4) is 0 Å². The van der Waals surface area contributed by atoms with E-state index in [1.54, 1.807) is 0 Å². The average molecular weight is 411 g/mol. The second-order valence-corrected chi connectivity index (χ2v) is 7.72. The number of halogens is 1. The summed E-state index contributed by atoms with van der Waals surface area (Å²) in [5.74, 6) is 0.131. The molecule has 0 spiro atoms. The van der Waals surface area contributed by atoms with Crippen LogP contribution >= 0.6 is 0 Å². The van der Waals surface area contributed by atoms with Gasteiger partial charge in [0.2, 0.25) is 5.82 Å². The Balaban J connectivity index is 1.29. The van der Waals surface area contributed by atoms with Crippen molar-refractivity contribution in [3.8, 4) is 11.1 Å². The predicted molar refractivity (Wildman–Crippen MR) is 120 cm³/mol. The molecule has 0 aliphatic carbocycles. The van der Waals surface area contributed by atoms with Crippen molar-refractivity contribution in [3.05, 3.63) is 101 Å². The van der Waals surface area contributed by atoms with Gasteiger partial charge in [-0.05, 0) is 46.9 Å². The van der Waals surface area contributed by atoms with Gasteiger partial charge < -0.3 is 10.2 Å². The highest BCUT2D eigenvalue weighted by molar-refractivity contribution is 5.63. The molecule has 5 rings (SSSR count). The van der Waals surface area contributed by atoms with Crippen LogP contribution in [0, 0.1) is 12.7 Å². The summed E-state index contributed by atoms with van der Waals surface area (Å²) in [6.45, 7) is 3.76. The lowest BCUT2D eigenvalue weighted by Crippen LogP contribution is -2.19. The third kappa shape index (κ3) is 3.97. The van der Waals surface area contributed by atoms with Crippen LogP contribution < -0.4 is 10.2 Å². The van der Waals surface area contributed by atoms with E-state index >= 15 is 4.39 Å². The molecule has 3 heterocycles. The maximum Gasteiger partial charge on any atom is 0.207 e. The number of benzene rings is 2. The second-order valence-electron chi connectivity index (χ2n) is 7.72. The molecule has 0 atom stereocenters. The topological polar surface area (TPSA) is 53.9 Å². The van der Waals surface area contributed by atoms with Crippen LogP contribution in [0.15, 0.2) is 73.2 Å². The zero-order chi connectivity index (χ0) is 21.2. The summed E-state index contributed by atoms with van der Waals surface area (Å²) in [4.78, 5) is 14.5. The molecule has 4 aromatic rings. The predicted octanol–water partition coefficient (Wildman–Crippen LogP) is 5.12. The van der Waals surface area contributed by atoms with Gasteiger partial charge in [0.05, 0.1) is 0 Å². The highest BCUT2D eigenvalue weighted by Crippen LogP contribution is 2.30. The van der Waals surface area contributed by atoms with Crippen LogP contribution in [-0.2, 0) is 19.6 Å². The lowest BCUT2D eigenvalue weighted by Gasteiger charge is -2.18. The molecule has 1 aliphatic heterocycles. The number of anilines is 2. The number of fused-ring (bicyclic) bond motifs is 1. The van der Waals surface area contributed by atoms with E-state index in [-0.39, 0.29) is 5.82 Å². The fraction of sp³-hybridized carbons (Fsp3) is 0.160. The van der Waals surface area contributed by atoms with Gasteiger partial charge in [0, 0.05) is 31.5 Å². The van der Waals surface area contributed by atoms with E-state index < -0.39 is 5.82 Å². The Morgan fingerprint density at radius 1 is 0.903 bits per heavy atom. The Bertz CT molecular complexity index is 1200. The standard InChI is InChI=1S/C25H22FN5/c1-17-12-20(10-11-27-17)19-8-6-18(7-9-19)13-28-24-23(26)25(30-16-29-24)31-14-21-4-2-3-5-22(21)15-31/h2-12,16H,13-15H2,1H3,(H,28,29,30). The van der Waals surface area contributed by atoms with Crippen molar-refractivity contribution >= 4 is 11.6 Å². The molecule has 2 aromatic carbocycles. The molecule has 154 valence electrons. The number of nitrogens with zero attached hydrogens (tertiary/aromatic N) is 4. The molecule has 5 nitrogen and oxygen atoms in total. The van der Waals surface area contributed by atoms with Gasteiger partial charge in [0.15, 0.2) is 11.6 Å². The fourth-order valence-electron chi connectivity index (χ4n) is 3.91. The van der Waals surface area contributed by atoms with Gasteiger partial charge in [-0.2, -0.15) is 4.39 Å². The Morgan fingerprint density at radius 3 is 2.35 bits per heavy atom. The van der Waals surface area contributed by atoms with Crippen LogP contribution in [-0.4, -0.2) is 15.0 Å². The molecule has 2 aromatic heterocycles. The first kappa shape index (κ1) is 19.2. The van der Waals surface area contributed by atoms with Gasteiger partial charge in [-0.25, -0.2) is 9.97 Å². The molecule has 0 unspecified atom stereocenters. The first-order chi connectivity index (χ1) is 15.2. The van der Waals surface area contributed by atoms with Crippen LogP contribution in [0.1, 0.15) is 22.4 Å². The molecule has 0 fully saturated rings. The first-order valence-electron chi connectivity index (χ1n) is 10.3. The summed E-state index contributed by atoms with van der Waals surface area (Å²) in [5, 5.41) is 3.12. The maximum absolute atomic E-state index is 15.1. The van der Waals surface area contributed by atoms with Crippen LogP contribution in [0.5, 0.6) is 0 Å². The van der Waals surface area contributed by atoms with Crippen molar-refractivity contribution in [2.45, 2.75) is 26.6 Å². The molecule has 6 heteroatoms. The number of hydrogen-bond donors (Lipinski definition) is 1. The van der Waals surface area contributed by atoms with E-state index in [0.717, 1.165) is 22.4 Å².